The quantitative estimate of drug-likeness (QED) is 0.490. The zero-order valence-electron chi connectivity index (χ0n) is 15.8. The van der Waals surface area contributed by atoms with Crippen LogP contribution >= 0.6 is 11.8 Å². The molecular weight excluding hydrogens is 388 g/mol. The lowest BCUT2D eigenvalue weighted by Gasteiger charge is -2.19. The van der Waals surface area contributed by atoms with Gasteiger partial charge < -0.3 is 10.8 Å². The van der Waals surface area contributed by atoms with Gasteiger partial charge in [0, 0.05) is 17.1 Å². The van der Waals surface area contributed by atoms with Crippen molar-refractivity contribution in [3.8, 4) is 5.69 Å². The third-order valence-corrected chi connectivity index (χ3v) is 5.81. The highest BCUT2D eigenvalue weighted by molar-refractivity contribution is 8.01. The maximum absolute atomic E-state index is 11.9. The molecule has 0 aliphatic heterocycles. The first-order chi connectivity index (χ1) is 13.8. The molecule has 7 nitrogen and oxygen atoms in total. The van der Waals surface area contributed by atoms with E-state index >= 15 is 0 Å². The van der Waals surface area contributed by atoms with E-state index in [-0.39, 0.29) is 0 Å². The van der Waals surface area contributed by atoms with Crippen LogP contribution in [0.5, 0.6) is 0 Å². The van der Waals surface area contributed by atoms with Crippen LogP contribution in [-0.4, -0.2) is 36.3 Å². The Morgan fingerprint density at radius 2 is 1.79 bits per heavy atom. The fourth-order valence-electron chi connectivity index (χ4n) is 3.16. The van der Waals surface area contributed by atoms with Crippen LogP contribution in [0.4, 0.5) is 0 Å². The van der Waals surface area contributed by atoms with E-state index in [1.165, 1.54) is 0 Å². The molecule has 0 bridgehead atoms. The number of carbonyl (C=O) groups excluding carboxylic acids is 1. The highest BCUT2D eigenvalue weighted by Crippen LogP contribution is 2.37. The van der Waals surface area contributed by atoms with Crippen LogP contribution < -0.4 is 5.73 Å². The molecule has 2 aromatic heterocycles. The zero-order valence-corrected chi connectivity index (χ0v) is 16.6. The largest absolute Gasteiger partial charge is 0.480 e. The molecule has 146 valence electrons. The Labute approximate surface area is 170 Å². The minimum Gasteiger partial charge on any atom is -0.480 e. The second-order valence-electron chi connectivity index (χ2n) is 7.04. The van der Waals surface area contributed by atoms with Crippen LogP contribution in [0.3, 0.4) is 0 Å². The van der Waals surface area contributed by atoms with Crippen molar-refractivity contribution >= 4 is 45.6 Å². The van der Waals surface area contributed by atoms with Gasteiger partial charge in [-0.3, -0.25) is 14.2 Å². The Morgan fingerprint density at radius 1 is 1.07 bits per heavy atom. The molecule has 0 spiro atoms. The third-order valence-electron chi connectivity index (χ3n) is 4.67. The SMILES string of the molecule is CC(C)(Sc1nc2ncccc2n1-c1ccc(C(N)=O)c2ccccc12)C(=O)O. The fourth-order valence-corrected chi connectivity index (χ4v) is 4.12. The molecule has 0 aliphatic rings. The summed E-state index contributed by atoms with van der Waals surface area (Å²) in [6, 6.07) is 14.6. The first-order valence-corrected chi connectivity index (χ1v) is 9.69. The number of rotatable bonds is 5. The van der Waals surface area contributed by atoms with Gasteiger partial charge in [0.05, 0.1) is 11.2 Å². The summed E-state index contributed by atoms with van der Waals surface area (Å²) in [5.74, 6) is -1.45. The second kappa shape index (κ2) is 6.89. The number of carbonyl (C=O) groups is 2. The predicted octanol–water partition coefficient (Wildman–Crippen LogP) is 3.63. The second-order valence-corrected chi connectivity index (χ2v) is 8.63. The molecule has 1 amide bonds. The van der Waals surface area contributed by atoms with E-state index in [1.807, 2.05) is 34.9 Å². The van der Waals surface area contributed by atoms with Crippen molar-refractivity contribution in [3.63, 3.8) is 0 Å². The lowest BCUT2D eigenvalue weighted by molar-refractivity contribution is -0.138. The number of carboxylic acid groups (broad SMARTS) is 1. The summed E-state index contributed by atoms with van der Waals surface area (Å²) >= 11 is 1.14. The fraction of sp³-hybridized carbons (Fsp3) is 0.143. The molecule has 29 heavy (non-hydrogen) atoms. The molecule has 4 aromatic rings. The summed E-state index contributed by atoms with van der Waals surface area (Å²) in [5.41, 5.74) is 8.00. The number of aliphatic carboxylic acids is 1. The molecule has 8 heteroatoms. The summed E-state index contributed by atoms with van der Waals surface area (Å²) in [4.78, 5) is 32.5. The normalized spacial score (nSPS) is 11.8. The molecule has 0 fully saturated rings. The number of pyridine rings is 1. The number of aromatic nitrogens is 3. The minimum atomic E-state index is -1.10. The smallest absolute Gasteiger partial charge is 0.319 e. The molecule has 0 radical (unpaired) electrons. The van der Waals surface area contributed by atoms with E-state index in [0.717, 1.165) is 33.7 Å². The molecule has 0 atom stereocenters. The number of benzene rings is 2. The number of imidazole rings is 1. The van der Waals surface area contributed by atoms with Gasteiger partial charge in [0.25, 0.3) is 0 Å². The summed E-state index contributed by atoms with van der Waals surface area (Å²) < 4.78 is 0.785. The third kappa shape index (κ3) is 3.21. The van der Waals surface area contributed by atoms with Gasteiger partial charge in [-0.1, -0.05) is 36.0 Å². The van der Waals surface area contributed by atoms with Gasteiger partial charge in [0.15, 0.2) is 10.8 Å². The van der Waals surface area contributed by atoms with Crippen molar-refractivity contribution in [1.82, 2.24) is 14.5 Å². The summed E-state index contributed by atoms with van der Waals surface area (Å²) in [6.45, 7) is 3.26. The van der Waals surface area contributed by atoms with Crippen molar-refractivity contribution < 1.29 is 14.7 Å². The molecule has 2 aromatic carbocycles. The van der Waals surface area contributed by atoms with Gasteiger partial charge in [-0.25, -0.2) is 9.97 Å². The molecular formula is C21H18N4O3S. The van der Waals surface area contributed by atoms with E-state index in [4.69, 9.17) is 5.73 Å². The van der Waals surface area contributed by atoms with Gasteiger partial charge in [-0.05, 0) is 43.5 Å². The zero-order chi connectivity index (χ0) is 20.8. The Bertz CT molecular complexity index is 1280. The van der Waals surface area contributed by atoms with Crippen LogP contribution in [-0.2, 0) is 4.79 Å². The van der Waals surface area contributed by atoms with E-state index in [2.05, 4.69) is 9.97 Å². The van der Waals surface area contributed by atoms with Crippen LogP contribution in [0.25, 0.3) is 27.6 Å². The predicted molar refractivity (Wildman–Crippen MR) is 112 cm³/mol. The minimum absolute atomic E-state index is 0.423. The molecule has 0 aliphatic carbocycles. The molecule has 4 rings (SSSR count). The number of thioether (sulfide) groups is 1. The summed E-state index contributed by atoms with van der Waals surface area (Å²) in [7, 11) is 0. The first kappa shape index (κ1) is 18.9. The lowest BCUT2D eigenvalue weighted by Crippen LogP contribution is -2.27. The van der Waals surface area contributed by atoms with Crippen molar-refractivity contribution in [1.29, 1.82) is 0 Å². The summed E-state index contributed by atoms with van der Waals surface area (Å²) in [5, 5.41) is 11.6. The molecule has 3 N–H and O–H groups in total. The van der Waals surface area contributed by atoms with Gasteiger partial charge in [0.1, 0.15) is 4.75 Å². The topological polar surface area (TPSA) is 111 Å². The van der Waals surface area contributed by atoms with Gasteiger partial charge in [-0.2, -0.15) is 0 Å². The van der Waals surface area contributed by atoms with E-state index < -0.39 is 16.6 Å². The van der Waals surface area contributed by atoms with E-state index in [0.29, 0.717) is 16.4 Å². The molecule has 0 saturated heterocycles. The average Bonchev–Trinajstić information content (AvgIpc) is 3.03. The van der Waals surface area contributed by atoms with Crippen LogP contribution in [0.2, 0.25) is 0 Å². The molecule has 0 saturated carbocycles. The van der Waals surface area contributed by atoms with Gasteiger partial charge in [0.2, 0.25) is 5.91 Å². The molecule has 2 heterocycles. The Balaban J connectivity index is 2.04. The number of nitrogens with zero attached hydrogens (tertiary/aromatic N) is 3. The van der Waals surface area contributed by atoms with Crippen molar-refractivity contribution in [2.75, 3.05) is 0 Å². The maximum Gasteiger partial charge on any atom is 0.319 e. The highest BCUT2D eigenvalue weighted by Gasteiger charge is 2.32. The van der Waals surface area contributed by atoms with Crippen molar-refractivity contribution in [2.24, 2.45) is 5.73 Å². The Kier molecular flexibility index (Phi) is 4.50. The number of carboxylic acids is 1. The maximum atomic E-state index is 11.9. The number of primary amides is 1. The number of amides is 1. The number of nitrogens with two attached hydrogens (primary N) is 1. The number of hydrogen-bond acceptors (Lipinski definition) is 5. The summed E-state index contributed by atoms with van der Waals surface area (Å²) in [6.07, 6.45) is 1.64. The standard InChI is InChI=1S/C21H18N4O3S/c1-21(2,19(27)28)29-20-24-18-16(8-5-11-23-18)25(20)15-10-9-14(17(22)26)12-6-3-4-7-13(12)15/h3-11H,1-2H3,(H2,22,26)(H,27,28). The van der Waals surface area contributed by atoms with Gasteiger partial charge in [-0.15, -0.1) is 0 Å². The van der Waals surface area contributed by atoms with Crippen LogP contribution in [0.1, 0.15) is 24.2 Å². The lowest BCUT2D eigenvalue weighted by atomic mass is 10.0. The van der Waals surface area contributed by atoms with Crippen molar-refractivity contribution in [2.45, 2.75) is 23.8 Å². The molecule has 0 unspecified atom stereocenters. The highest BCUT2D eigenvalue weighted by atomic mass is 32.2. The van der Waals surface area contributed by atoms with E-state index in [9.17, 15) is 14.7 Å². The van der Waals surface area contributed by atoms with Crippen LogP contribution in [0.15, 0.2) is 59.9 Å². The Morgan fingerprint density at radius 3 is 2.48 bits per heavy atom. The Hall–Kier alpha value is -3.39. The average molecular weight is 406 g/mol. The van der Waals surface area contributed by atoms with Gasteiger partial charge >= 0.3 is 5.97 Å². The monoisotopic (exact) mass is 406 g/mol. The first-order valence-electron chi connectivity index (χ1n) is 8.87. The van der Waals surface area contributed by atoms with Crippen LogP contribution in [0, 0.1) is 0 Å². The van der Waals surface area contributed by atoms with E-state index in [1.54, 1.807) is 38.2 Å². The number of fused-ring (bicyclic) bond motifs is 2. The number of hydrogen-bond donors (Lipinski definition) is 2. The van der Waals surface area contributed by atoms with Crippen molar-refractivity contribution in [3.05, 3.63) is 60.3 Å².